The molecule has 1 N–H and O–H groups in total. The highest BCUT2D eigenvalue weighted by atomic mass is 16.5. The number of benzene rings is 3. The van der Waals surface area contributed by atoms with Crippen LogP contribution in [0.3, 0.4) is 0 Å². The second-order valence-corrected chi connectivity index (χ2v) is 9.79. The molecular weight excluding hydrogens is 454 g/mol. The summed E-state index contributed by atoms with van der Waals surface area (Å²) in [4.78, 5) is 43.1. The van der Waals surface area contributed by atoms with Crippen molar-refractivity contribution in [3.63, 3.8) is 0 Å². The van der Waals surface area contributed by atoms with Gasteiger partial charge in [-0.3, -0.25) is 9.59 Å². The van der Waals surface area contributed by atoms with Crippen molar-refractivity contribution in [2.75, 3.05) is 22.9 Å². The molecule has 36 heavy (non-hydrogen) atoms. The normalized spacial score (nSPS) is 15.6. The van der Waals surface area contributed by atoms with Gasteiger partial charge in [0.1, 0.15) is 12.6 Å². The molecule has 0 radical (unpaired) electrons. The van der Waals surface area contributed by atoms with E-state index in [2.05, 4.69) is 5.32 Å². The molecule has 0 fully saturated rings. The topological polar surface area (TPSA) is 79.0 Å². The summed E-state index contributed by atoms with van der Waals surface area (Å²) in [7, 11) is 0. The van der Waals surface area contributed by atoms with E-state index in [-0.39, 0.29) is 31.4 Å². The summed E-state index contributed by atoms with van der Waals surface area (Å²) < 4.78 is 5.40. The number of amides is 2. The number of nitrogens with zero attached hydrogens (tertiary/aromatic N) is 2. The standard InChI is InChI=1S/C29H31N3O4/c1-29(2,3)26(33)19-32-25-17-11-10-16-24(25)31(22-14-8-5-9-15-22)18-23(27(32)34)30-28(35)36-20-21-12-6-4-7-13-21/h4-17,23H,18-20H2,1-3H3,(H,30,35). The van der Waals surface area contributed by atoms with Crippen LogP contribution in [0.15, 0.2) is 84.9 Å². The molecule has 2 amide bonds. The average Bonchev–Trinajstić information content (AvgIpc) is 2.99. The van der Waals surface area contributed by atoms with Crippen molar-refractivity contribution in [1.82, 2.24) is 5.32 Å². The number of fused-ring (bicyclic) bond motifs is 1. The highest BCUT2D eigenvalue weighted by Crippen LogP contribution is 2.37. The first kappa shape index (κ1) is 25.0. The van der Waals surface area contributed by atoms with Gasteiger partial charge in [-0.25, -0.2) is 4.79 Å². The first-order chi connectivity index (χ1) is 17.2. The number of hydrogen-bond donors (Lipinski definition) is 1. The van der Waals surface area contributed by atoms with E-state index >= 15 is 0 Å². The van der Waals surface area contributed by atoms with Gasteiger partial charge in [-0.15, -0.1) is 0 Å². The highest BCUT2D eigenvalue weighted by Gasteiger charge is 2.37. The van der Waals surface area contributed by atoms with E-state index in [4.69, 9.17) is 4.74 Å². The van der Waals surface area contributed by atoms with Crippen LogP contribution < -0.4 is 15.1 Å². The van der Waals surface area contributed by atoms with Crippen molar-refractivity contribution in [2.45, 2.75) is 33.4 Å². The van der Waals surface area contributed by atoms with Gasteiger partial charge in [-0.2, -0.15) is 0 Å². The lowest BCUT2D eigenvalue weighted by Crippen LogP contribution is -2.53. The second-order valence-electron chi connectivity index (χ2n) is 9.79. The minimum Gasteiger partial charge on any atom is -0.445 e. The number of nitrogens with one attached hydrogen (secondary N) is 1. The molecule has 0 aliphatic carbocycles. The van der Waals surface area contributed by atoms with Crippen molar-refractivity contribution >= 4 is 34.8 Å². The first-order valence-corrected chi connectivity index (χ1v) is 12.0. The van der Waals surface area contributed by atoms with Gasteiger partial charge in [-0.05, 0) is 29.8 Å². The van der Waals surface area contributed by atoms with E-state index in [1.54, 1.807) is 0 Å². The van der Waals surface area contributed by atoms with Crippen molar-refractivity contribution in [3.8, 4) is 0 Å². The Morgan fingerprint density at radius 2 is 1.47 bits per heavy atom. The van der Waals surface area contributed by atoms with Crippen molar-refractivity contribution in [2.24, 2.45) is 5.41 Å². The fraction of sp³-hybridized carbons (Fsp3) is 0.276. The van der Waals surface area contributed by atoms with Gasteiger partial charge in [0.2, 0.25) is 0 Å². The number of rotatable bonds is 6. The SMILES string of the molecule is CC(C)(C)C(=O)CN1C(=O)C(NC(=O)OCc2ccccc2)CN(c2ccccc2)c2ccccc21. The summed E-state index contributed by atoms with van der Waals surface area (Å²) in [5.41, 5.74) is 2.48. The van der Waals surface area contributed by atoms with Crippen LogP contribution >= 0.6 is 0 Å². The number of ether oxygens (including phenoxy) is 1. The number of hydrogen-bond acceptors (Lipinski definition) is 5. The zero-order valence-electron chi connectivity index (χ0n) is 20.8. The fourth-order valence-electron chi connectivity index (χ4n) is 4.00. The molecule has 186 valence electrons. The predicted molar refractivity (Wildman–Crippen MR) is 140 cm³/mol. The summed E-state index contributed by atoms with van der Waals surface area (Å²) >= 11 is 0. The second kappa shape index (κ2) is 10.6. The molecule has 0 bridgehead atoms. The van der Waals surface area contributed by atoms with Crippen LogP contribution in [0, 0.1) is 5.41 Å². The lowest BCUT2D eigenvalue weighted by atomic mass is 9.90. The summed E-state index contributed by atoms with van der Waals surface area (Å²) in [6.07, 6.45) is -0.696. The Morgan fingerprint density at radius 3 is 2.11 bits per heavy atom. The van der Waals surface area contributed by atoms with Gasteiger partial charge < -0.3 is 19.9 Å². The smallest absolute Gasteiger partial charge is 0.408 e. The molecule has 4 rings (SSSR count). The number of Topliss-reactive ketones (excluding diaryl/α,β-unsaturated/α-hetero) is 1. The minimum absolute atomic E-state index is 0.0794. The van der Waals surface area contributed by atoms with Gasteiger partial charge in [0.25, 0.3) is 5.91 Å². The average molecular weight is 486 g/mol. The van der Waals surface area contributed by atoms with Gasteiger partial charge in [0, 0.05) is 11.1 Å². The molecule has 1 heterocycles. The van der Waals surface area contributed by atoms with Gasteiger partial charge in [0.05, 0.1) is 24.5 Å². The molecule has 3 aromatic rings. The molecule has 0 saturated heterocycles. The maximum atomic E-state index is 13.8. The Labute approximate surface area is 211 Å². The first-order valence-electron chi connectivity index (χ1n) is 12.0. The quantitative estimate of drug-likeness (QED) is 0.527. The maximum absolute atomic E-state index is 13.8. The molecule has 1 unspecified atom stereocenters. The zero-order chi connectivity index (χ0) is 25.7. The van der Waals surface area contributed by atoms with Gasteiger partial charge >= 0.3 is 6.09 Å². The van der Waals surface area contributed by atoms with E-state index in [0.717, 1.165) is 16.9 Å². The number of ketones is 1. The van der Waals surface area contributed by atoms with Gasteiger partial charge in [-0.1, -0.05) is 81.4 Å². The van der Waals surface area contributed by atoms with E-state index in [9.17, 15) is 14.4 Å². The summed E-state index contributed by atoms with van der Waals surface area (Å²) in [6.45, 7) is 5.66. The van der Waals surface area contributed by atoms with Crippen LogP contribution in [0.5, 0.6) is 0 Å². The molecule has 3 aromatic carbocycles. The predicted octanol–water partition coefficient (Wildman–Crippen LogP) is 5.08. The largest absolute Gasteiger partial charge is 0.445 e. The summed E-state index contributed by atoms with van der Waals surface area (Å²) in [5, 5.41) is 2.75. The highest BCUT2D eigenvalue weighted by molar-refractivity contribution is 6.07. The van der Waals surface area contributed by atoms with Crippen LogP contribution in [0.25, 0.3) is 0 Å². The van der Waals surface area contributed by atoms with Crippen molar-refractivity contribution in [3.05, 3.63) is 90.5 Å². The van der Waals surface area contributed by atoms with E-state index < -0.39 is 17.6 Å². The summed E-state index contributed by atoms with van der Waals surface area (Å²) in [5.74, 6) is -0.445. The molecule has 0 aromatic heterocycles. The van der Waals surface area contributed by atoms with Crippen molar-refractivity contribution < 1.29 is 19.1 Å². The van der Waals surface area contributed by atoms with Crippen LogP contribution in [-0.2, 0) is 20.9 Å². The zero-order valence-corrected chi connectivity index (χ0v) is 20.8. The molecule has 1 aliphatic rings. The van der Waals surface area contributed by atoms with Gasteiger partial charge in [0.15, 0.2) is 5.78 Å². The number of para-hydroxylation sites is 3. The van der Waals surface area contributed by atoms with E-state index in [1.807, 2.05) is 111 Å². The third-order valence-corrected chi connectivity index (χ3v) is 6.10. The third kappa shape index (κ3) is 5.74. The number of carbonyl (C=O) groups is 3. The number of carbonyl (C=O) groups excluding carboxylic acids is 3. The number of anilines is 3. The van der Waals surface area contributed by atoms with E-state index in [1.165, 1.54) is 4.90 Å². The molecule has 7 nitrogen and oxygen atoms in total. The van der Waals surface area contributed by atoms with Crippen molar-refractivity contribution in [1.29, 1.82) is 0 Å². The molecule has 0 saturated carbocycles. The molecule has 0 spiro atoms. The Bertz CT molecular complexity index is 1220. The Morgan fingerprint density at radius 1 is 0.889 bits per heavy atom. The fourth-order valence-corrected chi connectivity index (χ4v) is 4.00. The monoisotopic (exact) mass is 485 g/mol. The van der Waals surface area contributed by atoms with Crippen LogP contribution in [-0.4, -0.2) is 36.9 Å². The molecule has 1 atom stereocenters. The van der Waals surface area contributed by atoms with Crippen LogP contribution in [0.2, 0.25) is 0 Å². The lowest BCUT2D eigenvalue weighted by Gasteiger charge is -2.28. The summed E-state index contributed by atoms with van der Waals surface area (Å²) in [6, 6.07) is 25.5. The Hall–Kier alpha value is -4.13. The number of alkyl carbamates (subject to hydrolysis) is 1. The Kier molecular flexibility index (Phi) is 7.38. The third-order valence-electron chi connectivity index (χ3n) is 6.10. The molecular formula is C29H31N3O4. The Balaban J connectivity index is 1.66. The lowest BCUT2D eigenvalue weighted by molar-refractivity contribution is -0.127. The molecule has 1 aliphatic heterocycles. The maximum Gasteiger partial charge on any atom is 0.408 e. The van der Waals surface area contributed by atoms with Crippen LogP contribution in [0.1, 0.15) is 26.3 Å². The van der Waals surface area contributed by atoms with Crippen LogP contribution in [0.4, 0.5) is 21.9 Å². The van der Waals surface area contributed by atoms with E-state index in [0.29, 0.717) is 5.69 Å². The minimum atomic E-state index is -0.936. The molecule has 7 heteroatoms.